The van der Waals surface area contributed by atoms with Gasteiger partial charge in [-0.2, -0.15) is 15.0 Å². The molecule has 0 radical (unpaired) electrons. The molecule has 1 aromatic heterocycles. The van der Waals surface area contributed by atoms with Crippen LogP contribution in [0.2, 0.25) is 0 Å². The van der Waals surface area contributed by atoms with Crippen molar-refractivity contribution in [2.45, 2.75) is 18.9 Å². The molecule has 1 aliphatic rings. The number of nitrogen functional groups attached to an aromatic ring is 1. The van der Waals surface area contributed by atoms with E-state index < -0.39 is 0 Å². The van der Waals surface area contributed by atoms with Crippen LogP contribution < -0.4 is 20.9 Å². The number of piperidine rings is 1. The van der Waals surface area contributed by atoms with Crippen molar-refractivity contribution in [1.82, 2.24) is 19.9 Å². The van der Waals surface area contributed by atoms with Crippen molar-refractivity contribution in [3.8, 4) is 6.01 Å². The highest BCUT2D eigenvalue weighted by molar-refractivity contribution is 5.36. The summed E-state index contributed by atoms with van der Waals surface area (Å²) < 4.78 is 5.83. The van der Waals surface area contributed by atoms with Gasteiger partial charge in [0, 0.05) is 27.2 Å². The number of nitrogens with zero attached hydrogens (tertiary/aromatic N) is 5. The zero-order chi connectivity index (χ0) is 13.8. The summed E-state index contributed by atoms with van der Waals surface area (Å²) in [6.45, 7) is 2.05. The first-order chi connectivity index (χ1) is 9.08. The lowest BCUT2D eigenvalue weighted by Gasteiger charge is -2.28. The Hall–Kier alpha value is -1.67. The van der Waals surface area contributed by atoms with Crippen molar-refractivity contribution in [2.24, 2.45) is 5.84 Å². The number of nitrogens with two attached hydrogens (primary N) is 1. The first-order valence-corrected chi connectivity index (χ1v) is 6.33. The average molecular weight is 267 g/mol. The lowest BCUT2D eigenvalue weighted by molar-refractivity contribution is 0.105. The zero-order valence-electron chi connectivity index (χ0n) is 11.6. The summed E-state index contributed by atoms with van der Waals surface area (Å²) in [6, 6.07) is 0.321. The summed E-state index contributed by atoms with van der Waals surface area (Å²) in [5.41, 5.74) is 2.43. The fourth-order valence-corrected chi connectivity index (χ4v) is 1.91. The number of hydrazine groups is 1. The molecule has 0 atom stereocenters. The number of ether oxygens (including phenoxy) is 1. The van der Waals surface area contributed by atoms with Gasteiger partial charge in [0.25, 0.3) is 0 Å². The molecule has 0 saturated carbocycles. The Kier molecular flexibility index (Phi) is 4.33. The second-order valence-corrected chi connectivity index (χ2v) is 4.90. The Bertz CT molecular complexity index is 418. The van der Waals surface area contributed by atoms with E-state index in [0.717, 1.165) is 25.9 Å². The quantitative estimate of drug-likeness (QED) is 0.567. The molecule has 8 nitrogen and oxygen atoms in total. The summed E-state index contributed by atoms with van der Waals surface area (Å²) in [5, 5.41) is 0. The molecule has 2 heterocycles. The molecule has 19 heavy (non-hydrogen) atoms. The third-order valence-electron chi connectivity index (χ3n) is 3.07. The van der Waals surface area contributed by atoms with Crippen molar-refractivity contribution in [2.75, 3.05) is 44.6 Å². The predicted molar refractivity (Wildman–Crippen MR) is 73.1 cm³/mol. The summed E-state index contributed by atoms with van der Waals surface area (Å²) >= 11 is 0. The van der Waals surface area contributed by atoms with E-state index in [4.69, 9.17) is 10.6 Å². The topological polar surface area (TPSA) is 92.4 Å². The normalized spacial score (nSPS) is 17.3. The Labute approximate surface area is 112 Å². The van der Waals surface area contributed by atoms with Crippen molar-refractivity contribution in [1.29, 1.82) is 0 Å². The van der Waals surface area contributed by atoms with Gasteiger partial charge in [0.05, 0.1) is 0 Å². The smallest absolute Gasteiger partial charge is 0.323 e. The average Bonchev–Trinajstić information content (AvgIpc) is 2.41. The van der Waals surface area contributed by atoms with Crippen LogP contribution in [0.3, 0.4) is 0 Å². The Morgan fingerprint density at radius 3 is 2.53 bits per heavy atom. The molecule has 0 unspecified atom stereocenters. The van der Waals surface area contributed by atoms with Crippen LogP contribution in [0.25, 0.3) is 0 Å². The Morgan fingerprint density at radius 2 is 1.95 bits per heavy atom. The molecule has 0 bridgehead atoms. The number of likely N-dealkylation sites (tertiary alicyclic amines) is 1. The number of anilines is 2. The third-order valence-corrected chi connectivity index (χ3v) is 3.07. The van der Waals surface area contributed by atoms with Crippen molar-refractivity contribution >= 4 is 11.9 Å². The minimum absolute atomic E-state index is 0.152. The summed E-state index contributed by atoms with van der Waals surface area (Å²) in [4.78, 5) is 16.6. The fraction of sp³-hybridized carbons (Fsp3) is 0.727. The van der Waals surface area contributed by atoms with E-state index in [1.165, 1.54) is 0 Å². The second-order valence-electron chi connectivity index (χ2n) is 4.90. The maximum atomic E-state index is 5.83. The molecule has 0 spiro atoms. The van der Waals surface area contributed by atoms with Gasteiger partial charge in [0.1, 0.15) is 6.10 Å². The molecular weight excluding hydrogens is 246 g/mol. The SMILES string of the molecule is CN1CCC(Oc2nc(NN)nc(N(C)C)n2)CC1. The molecule has 3 N–H and O–H groups in total. The summed E-state index contributed by atoms with van der Waals surface area (Å²) in [6.07, 6.45) is 2.11. The van der Waals surface area contributed by atoms with E-state index in [1.807, 2.05) is 14.1 Å². The van der Waals surface area contributed by atoms with Gasteiger partial charge in [-0.1, -0.05) is 0 Å². The molecule has 2 rings (SSSR count). The Balaban J connectivity index is 2.08. The summed E-state index contributed by atoms with van der Waals surface area (Å²) in [5.74, 6) is 6.18. The highest BCUT2D eigenvalue weighted by atomic mass is 16.5. The van der Waals surface area contributed by atoms with Gasteiger partial charge in [-0.15, -0.1) is 0 Å². The van der Waals surface area contributed by atoms with Gasteiger partial charge in [0.2, 0.25) is 11.9 Å². The number of hydrogen-bond donors (Lipinski definition) is 2. The summed E-state index contributed by atoms with van der Waals surface area (Å²) in [7, 11) is 5.82. The predicted octanol–water partition coefficient (Wildman–Crippen LogP) is -0.304. The maximum Gasteiger partial charge on any atom is 0.323 e. The van der Waals surface area contributed by atoms with Gasteiger partial charge in [-0.25, -0.2) is 5.84 Å². The number of rotatable bonds is 4. The Morgan fingerprint density at radius 1 is 1.26 bits per heavy atom. The number of aromatic nitrogens is 3. The highest BCUT2D eigenvalue weighted by Gasteiger charge is 2.20. The first-order valence-electron chi connectivity index (χ1n) is 6.33. The molecule has 106 valence electrons. The monoisotopic (exact) mass is 267 g/mol. The van der Waals surface area contributed by atoms with Crippen LogP contribution in [-0.2, 0) is 0 Å². The molecule has 1 aromatic rings. The molecule has 1 saturated heterocycles. The van der Waals surface area contributed by atoms with Crippen LogP contribution >= 0.6 is 0 Å². The third kappa shape index (κ3) is 3.65. The van der Waals surface area contributed by atoms with Crippen LogP contribution in [0.1, 0.15) is 12.8 Å². The van der Waals surface area contributed by atoms with E-state index in [1.54, 1.807) is 4.90 Å². The van der Waals surface area contributed by atoms with E-state index in [0.29, 0.717) is 17.9 Å². The van der Waals surface area contributed by atoms with Crippen molar-refractivity contribution in [3.63, 3.8) is 0 Å². The zero-order valence-corrected chi connectivity index (χ0v) is 11.6. The molecular formula is C11H21N7O. The largest absolute Gasteiger partial charge is 0.460 e. The number of nitrogens with one attached hydrogen (secondary N) is 1. The molecule has 0 amide bonds. The lowest BCUT2D eigenvalue weighted by Crippen LogP contribution is -2.36. The lowest BCUT2D eigenvalue weighted by atomic mass is 10.1. The molecule has 0 aromatic carbocycles. The van der Waals surface area contributed by atoms with Gasteiger partial charge in [-0.05, 0) is 19.9 Å². The minimum Gasteiger partial charge on any atom is -0.460 e. The number of hydrogen-bond acceptors (Lipinski definition) is 8. The highest BCUT2D eigenvalue weighted by Crippen LogP contribution is 2.18. The van der Waals surface area contributed by atoms with Gasteiger partial charge in [0.15, 0.2) is 0 Å². The molecule has 0 aliphatic carbocycles. The second kappa shape index (κ2) is 5.98. The van der Waals surface area contributed by atoms with Gasteiger partial charge in [-0.3, -0.25) is 5.43 Å². The first kappa shape index (κ1) is 13.8. The van der Waals surface area contributed by atoms with Crippen LogP contribution in [0.15, 0.2) is 0 Å². The van der Waals surface area contributed by atoms with E-state index >= 15 is 0 Å². The minimum atomic E-state index is 0.152. The van der Waals surface area contributed by atoms with Crippen LogP contribution in [0.4, 0.5) is 11.9 Å². The molecule has 1 aliphatic heterocycles. The van der Waals surface area contributed by atoms with Crippen LogP contribution in [0, 0.1) is 0 Å². The van der Waals surface area contributed by atoms with Crippen LogP contribution in [0.5, 0.6) is 6.01 Å². The maximum absolute atomic E-state index is 5.83. The van der Waals surface area contributed by atoms with Gasteiger partial charge >= 0.3 is 6.01 Å². The standard InChI is InChI=1S/C11H21N7O/c1-17(2)10-13-9(16-12)14-11(15-10)19-8-4-6-18(3)7-5-8/h8H,4-7,12H2,1-3H3,(H,13,14,15,16). The van der Waals surface area contributed by atoms with E-state index in [2.05, 4.69) is 32.3 Å². The van der Waals surface area contributed by atoms with Gasteiger partial charge < -0.3 is 14.5 Å². The van der Waals surface area contributed by atoms with Crippen LogP contribution in [-0.4, -0.2) is 60.2 Å². The van der Waals surface area contributed by atoms with Crippen molar-refractivity contribution < 1.29 is 4.74 Å². The molecule has 8 heteroatoms. The fourth-order valence-electron chi connectivity index (χ4n) is 1.91. The molecule has 1 fully saturated rings. The van der Waals surface area contributed by atoms with E-state index in [9.17, 15) is 0 Å². The van der Waals surface area contributed by atoms with Crippen molar-refractivity contribution in [3.05, 3.63) is 0 Å². The van der Waals surface area contributed by atoms with E-state index in [-0.39, 0.29) is 6.10 Å².